The van der Waals surface area contributed by atoms with Crippen molar-refractivity contribution in [1.82, 2.24) is 4.31 Å². The number of hydrogen-bond acceptors (Lipinski definition) is 3. The van der Waals surface area contributed by atoms with Crippen molar-refractivity contribution in [2.75, 3.05) is 13.1 Å². The van der Waals surface area contributed by atoms with Crippen LogP contribution in [0.25, 0.3) is 0 Å². The van der Waals surface area contributed by atoms with Crippen LogP contribution in [0, 0.1) is 5.92 Å². The van der Waals surface area contributed by atoms with Crippen molar-refractivity contribution in [1.29, 1.82) is 0 Å². The van der Waals surface area contributed by atoms with E-state index in [0.29, 0.717) is 10.9 Å². The van der Waals surface area contributed by atoms with E-state index in [9.17, 15) is 13.2 Å². The van der Waals surface area contributed by atoms with Crippen LogP contribution in [-0.2, 0) is 14.8 Å². The highest BCUT2D eigenvalue weighted by molar-refractivity contribution is 9.10. The largest absolute Gasteiger partial charge is 0.481 e. The number of carboxylic acids is 1. The summed E-state index contributed by atoms with van der Waals surface area (Å²) in [5.74, 6) is -1.12. The molecule has 1 atom stereocenters. The highest BCUT2D eigenvalue weighted by Crippen LogP contribution is 2.36. The van der Waals surface area contributed by atoms with E-state index in [2.05, 4.69) is 15.9 Å². The van der Waals surface area contributed by atoms with E-state index in [4.69, 9.17) is 28.3 Å². The third kappa shape index (κ3) is 3.71. The molecule has 21 heavy (non-hydrogen) atoms. The monoisotopic (exact) mass is 415 g/mol. The summed E-state index contributed by atoms with van der Waals surface area (Å²) in [5, 5.41) is 8.86. The zero-order chi connectivity index (χ0) is 15.8. The van der Waals surface area contributed by atoms with Gasteiger partial charge in [-0.15, -0.1) is 0 Å². The van der Waals surface area contributed by atoms with Crippen LogP contribution < -0.4 is 0 Å². The molecule has 1 aliphatic rings. The van der Waals surface area contributed by atoms with Gasteiger partial charge in [0.15, 0.2) is 0 Å². The molecule has 0 radical (unpaired) electrons. The number of sulfonamides is 1. The highest BCUT2D eigenvalue weighted by atomic mass is 79.9. The lowest BCUT2D eigenvalue weighted by molar-refractivity contribution is -0.137. The van der Waals surface area contributed by atoms with Gasteiger partial charge in [0.25, 0.3) is 0 Å². The summed E-state index contributed by atoms with van der Waals surface area (Å²) in [7, 11) is -3.83. The van der Waals surface area contributed by atoms with Gasteiger partial charge in [-0.2, -0.15) is 4.31 Å². The van der Waals surface area contributed by atoms with Gasteiger partial charge in [0.1, 0.15) is 4.90 Å². The van der Waals surface area contributed by atoms with Crippen LogP contribution in [0.3, 0.4) is 0 Å². The Bertz CT molecular complexity index is 657. The van der Waals surface area contributed by atoms with Gasteiger partial charge >= 0.3 is 5.97 Å². The first-order valence-electron chi connectivity index (χ1n) is 6.08. The summed E-state index contributed by atoms with van der Waals surface area (Å²) >= 11 is 15.2. The summed E-state index contributed by atoms with van der Waals surface area (Å²) < 4.78 is 27.0. The van der Waals surface area contributed by atoms with Gasteiger partial charge in [0.05, 0.1) is 10.0 Å². The average Bonchev–Trinajstić information content (AvgIpc) is 2.75. The first kappa shape index (κ1) is 17.0. The second-order valence-corrected chi connectivity index (χ2v) is 8.42. The quantitative estimate of drug-likeness (QED) is 0.817. The van der Waals surface area contributed by atoms with Crippen molar-refractivity contribution >= 4 is 55.1 Å². The maximum atomic E-state index is 12.6. The number of rotatable bonds is 4. The lowest BCUT2D eigenvalue weighted by atomic mass is 10.1. The van der Waals surface area contributed by atoms with E-state index in [-0.39, 0.29) is 40.4 Å². The van der Waals surface area contributed by atoms with E-state index in [1.165, 1.54) is 16.4 Å². The van der Waals surface area contributed by atoms with Gasteiger partial charge in [-0.25, -0.2) is 8.42 Å². The summed E-state index contributed by atoms with van der Waals surface area (Å²) in [4.78, 5) is 10.6. The van der Waals surface area contributed by atoms with Crippen LogP contribution in [0.15, 0.2) is 21.5 Å². The Kier molecular flexibility index (Phi) is 5.20. The molecule has 1 saturated heterocycles. The molecule has 0 saturated carbocycles. The Labute approximate surface area is 141 Å². The van der Waals surface area contributed by atoms with Gasteiger partial charge in [-0.1, -0.05) is 39.1 Å². The number of carbonyl (C=O) groups is 1. The molecule has 9 heteroatoms. The second-order valence-electron chi connectivity index (χ2n) is 4.81. The Hall–Kier alpha value is -0.340. The van der Waals surface area contributed by atoms with Crippen LogP contribution in [0.5, 0.6) is 0 Å². The van der Waals surface area contributed by atoms with E-state index >= 15 is 0 Å². The smallest absolute Gasteiger partial charge is 0.303 e. The molecule has 1 fully saturated rings. The molecule has 1 heterocycles. The minimum absolute atomic E-state index is 0.0380. The second kappa shape index (κ2) is 6.42. The zero-order valence-electron chi connectivity index (χ0n) is 10.7. The normalized spacial score (nSPS) is 19.9. The first-order chi connectivity index (χ1) is 9.71. The lowest BCUT2D eigenvalue weighted by Gasteiger charge is -2.18. The van der Waals surface area contributed by atoms with Gasteiger partial charge in [0, 0.05) is 24.0 Å². The van der Waals surface area contributed by atoms with Crippen molar-refractivity contribution in [2.45, 2.75) is 17.7 Å². The Morgan fingerprint density at radius 2 is 1.95 bits per heavy atom. The summed E-state index contributed by atoms with van der Waals surface area (Å²) in [6, 6.07) is 2.93. The molecule has 1 aliphatic heterocycles. The Morgan fingerprint density at radius 3 is 2.48 bits per heavy atom. The number of aliphatic carboxylic acids is 1. The maximum absolute atomic E-state index is 12.6. The number of carboxylic acid groups (broad SMARTS) is 1. The van der Waals surface area contributed by atoms with E-state index in [0.717, 1.165) is 0 Å². The number of halogens is 3. The molecule has 0 aliphatic carbocycles. The van der Waals surface area contributed by atoms with Crippen molar-refractivity contribution in [3.05, 3.63) is 26.7 Å². The van der Waals surface area contributed by atoms with Crippen LogP contribution in [0.1, 0.15) is 12.8 Å². The molecule has 116 valence electrons. The van der Waals surface area contributed by atoms with Crippen molar-refractivity contribution in [3.8, 4) is 0 Å². The van der Waals surface area contributed by atoms with Crippen LogP contribution in [0.4, 0.5) is 0 Å². The molecule has 0 amide bonds. The molecule has 0 aromatic heterocycles. The minimum atomic E-state index is -3.83. The maximum Gasteiger partial charge on any atom is 0.303 e. The highest BCUT2D eigenvalue weighted by Gasteiger charge is 2.35. The van der Waals surface area contributed by atoms with Crippen LogP contribution in [-0.4, -0.2) is 36.9 Å². The number of benzene rings is 1. The predicted molar refractivity (Wildman–Crippen MR) is 83.3 cm³/mol. The summed E-state index contributed by atoms with van der Waals surface area (Å²) in [5.41, 5.74) is 0. The van der Waals surface area contributed by atoms with Gasteiger partial charge in [0.2, 0.25) is 10.0 Å². The zero-order valence-corrected chi connectivity index (χ0v) is 14.6. The van der Waals surface area contributed by atoms with Crippen LogP contribution in [0.2, 0.25) is 10.0 Å². The molecular weight excluding hydrogens is 405 g/mol. The summed E-state index contributed by atoms with van der Waals surface area (Å²) in [6.45, 7) is 0.431. The SMILES string of the molecule is O=C(O)CC1CCN(S(=O)(=O)c2c(Cl)cc(Br)cc2Cl)C1. The molecule has 1 unspecified atom stereocenters. The predicted octanol–water partition coefficient (Wildman–Crippen LogP) is 3.24. The third-order valence-corrected chi connectivity index (χ3v) is 6.52. The molecule has 2 rings (SSSR count). The van der Waals surface area contributed by atoms with Crippen molar-refractivity contribution < 1.29 is 18.3 Å². The van der Waals surface area contributed by atoms with E-state index in [1.807, 2.05) is 0 Å². The van der Waals surface area contributed by atoms with Crippen molar-refractivity contribution in [2.24, 2.45) is 5.92 Å². The fraction of sp³-hybridized carbons (Fsp3) is 0.417. The van der Waals surface area contributed by atoms with Gasteiger partial charge in [-0.3, -0.25) is 4.79 Å². The Balaban J connectivity index is 2.30. The number of hydrogen-bond donors (Lipinski definition) is 1. The molecular formula is C12H12BrCl2NO4S. The first-order valence-corrected chi connectivity index (χ1v) is 9.07. The molecule has 1 N–H and O–H groups in total. The fourth-order valence-corrected chi connectivity index (χ4v) is 5.75. The standard InChI is InChI=1S/C12H12BrCl2NO4S/c13-8-4-9(14)12(10(15)5-8)21(19,20)16-2-1-7(6-16)3-11(17)18/h4-5,7H,1-3,6H2,(H,17,18). The lowest BCUT2D eigenvalue weighted by Crippen LogP contribution is -2.29. The van der Waals surface area contributed by atoms with E-state index in [1.54, 1.807) is 0 Å². The van der Waals surface area contributed by atoms with Gasteiger partial charge < -0.3 is 5.11 Å². The Morgan fingerprint density at radius 1 is 1.38 bits per heavy atom. The average molecular weight is 417 g/mol. The number of nitrogens with zero attached hydrogens (tertiary/aromatic N) is 1. The van der Waals surface area contributed by atoms with Crippen LogP contribution >= 0.6 is 39.1 Å². The van der Waals surface area contributed by atoms with Gasteiger partial charge in [-0.05, 0) is 24.5 Å². The molecule has 5 nitrogen and oxygen atoms in total. The molecule has 0 bridgehead atoms. The minimum Gasteiger partial charge on any atom is -0.481 e. The van der Waals surface area contributed by atoms with E-state index < -0.39 is 16.0 Å². The topological polar surface area (TPSA) is 74.7 Å². The molecule has 1 aromatic rings. The molecule has 1 aromatic carbocycles. The van der Waals surface area contributed by atoms with Crippen molar-refractivity contribution in [3.63, 3.8) is 0 Å². The third-order valence-electron chi connectivity index (χ3n) is 3.27. The molecule has 0 spiro atoms. The summed E-state index contributed by atoms with van der Waals surface area (Å²) in [6.07, 6.45) is 0.463. The fourth-order valence-electron chi connectivity index (χ4n) is 2.33.